The molecule has 1 aromatic carbocycles. The number of anilines is 1. The van der Waals surface area contributed by atoms with Gasteiger partial charge in [-0.15, -0.1) is 11.6 Å². The molecule has 0 aliphatic rings. The summed E-state index contributed by atoms with van der Waals surface area (Å²) in [6.07, 6.45) is 2.12. The molecule has 0 radical (unpaired) electrons. The van der Waals surface area contributed by atoms with E-state index in [1.54, 1.807) is 0 Å². The highest BCUT2D eigenvalue weighted by Gasteiger charge is 2.10. The topological polar surface area (TPSA) is 16.1 Å². The fraction of sp³-hybridized carbons (Fsp3) is 0.357. The molecular weight excluding hydrogens is 264 g/mol. The van der Waals surface area contributed by atoms with Crippen LogP contribution in [-0.2, 0) is 5.88 Å². The summed E-state index contributed by atoms with van der Waals surface area (Å²) in [5.74, 6) is 2.58. The molecule has 1 aromatic heterocycles. The highest BCUT2D eigenvalue weighted by atomic mass is 35.5. The zero-order chi connectivity index (χ0) is 13.0. The zero-order valence-corrected chi connectivity index (χ0v) is 12.3. The van der Waals surface area contributed by atoms with Gasteiger partial charge in [0.1, 0.15) is 5.82 Å². The van der Waals surface area contributed by atoms with E-state index in [0.29, 0.717) is 5.88 Å². The van der Waals surface area contributed by atoms with E-state index in [1.165, 1.54) is 0 Å². The lowest BCUT2D eigenvalue weighted by atomic mass is 10.1. The summed E-state index contributed by atoms with van der Waals surface area (Å²) < 4.78 is 0. The standard InChI is InChI=1S/C14H17ClN2S/c1-17(7-8-18-2)14-12(10-15)9-11-5-3-4-6-13(11)16-14/h3-6,9H,7-8,10H2,1-2H3. The number of thioether (sulfide) groups is 1. The molecule has 96 valence electrons. The Labute approximate surface area is 117 Å². The molecule has 2 nitrogen and oxygen atoms in total. The van der Waals surface area contributed by atoms with E-state index in [9.17, 15) is 0 Å². The van der Waals surface area contributed by atoms with Gasteiger partial charge in [-0.1, -0.05) is 18.2 Å². The van der Waals surface area contributed by atoms with E-state index in [4.69, 9.17) is 16.6 Å². The van der Waals surface area contributed by atoms with E-state index < -0.39 is 0 Å². The molecule has 0 N–H and O–H groups in total. The summed E-state index contributed by atoms with van der Waals surface area (Å²) in [7, 11) is 2.07. The average Bonchev–Trinajstić information content (AvgIpc) is 2.43. The molecule has 0 fully saturated rings. The van der Waals surface area contributed by atoms with E-state index in [-0.39, 0.29) is 0 Å². The summed E-state index contributed by atoms with van der Waals surface area (Å²) in [5, 5.41) is 1.15. The number of alkyl halides is 1. The molecule has 18 heavy (non-hydrogen) atoms. The highest BCUT2D eigenvalue weighted by Crippen LogP contribution is 2.24. The first kappa shape index (κ1) is 13.5. The molecule has 0 saturated heterocycles. The molecule has 0 unspecified atom stereocenters. The second-order valence-electron chi connectivity index (χ2n) is 4.21. The molecule has 2 aromatic rings. The molecule has 0 aliphatic carbocycles. The average molecular weight is 281 g/mol. The van der Waals surface area contributed by atoms with Crippen molar-refractivity contribution in [3.8, 4) is 0 Å². The van der Waals surface area contributed by atoms with Crippen LogP contribution >= 0.6 is 23.4 Å². The summed E-state index contributed by atoms with van der Waals surface area (Å²) in [4.78, 5) is 6.91. The Hall–Kier alpha value is -0.930. The van der Waals surface area contributed by atoms with Gasteiger partial charge in [-0.05, 0) is 18.4 Å². The largest absolute Gasteiger partial charge is 0.359 e. The van der Waals surface area contributed by atoms with Gasteiger partial charge in [0.05, 0.1) is 11.4 Å². The Kier molecular flexibility index (Phi) is 4.72. The normalized spacial score (nSPS) is 10.8. The van der Waals surface area contributed by atoms with Gasteiger partial charge in [0.25, 0.3) is 0 Å². The maximum Gasteiger partial charge on any atom is 0.133 e. The third-order valence-corrected chi connectivity index (χ3v) is 3.80. The predicted molar refractivity (Wildman–Crippen MR) is 83.0 cm³/mol. The third-order valence-electron chi connectivity index (χ3n) is 2.92. The Bertz CT molecular complexity index is 530. The van der Waals surface area contributed by atoms with Crippen molar-refractivity contribution in [2.75, 3.05) is 30.5 Å². The van der Waals surface area contributed by atoms with Crippen LogP contribution in [0.4, 0.5) is 5.82 Å². The Morgan fingerprint density at radius 2 is 2.11 bits per heavy atom. The lowest BCUT2D eigenvalue weighted by molar-refractivity contribution is 0.942. The van der Waals surface area contributed by atoms with Gasteiger partial charge in [0, 0.05) is 30.3 Å². The minimum Gasteiger partial charge on any atom is -0.359 e. The molecule has 2 rings (SSSR count). The van der Waals surface area contributed by atoms with Crippen molar-refractivity contribution in [3.63, 3.8) is 0 Å². The highest BCUT2D eigenvalue weighted by molar-refractivity contribution is 7.98. The second kappa shape index (κ2) is 6.30. The molecule has 0 saturated carbocycles. The predicted octanol–water partition coefficient (Wildman–Crippen LogP) is 3.77. The van der Waals surface area contributed by atoms with E-state index in [0.717, 1.165) is 34.6 Å². The number of aromatic nitrogens is 1. The van der Waals surface area contributed by atoms with Crippen molar-refractivity contribution >= 4 is 40.1 Å². The lowest BCUT2D eigenvalue weighted by Gasteiger charge is -2.20. The smallest absolute Gasteiger partial charge is 0.133 e. The number of halogens is 1. The third kappa shape index (κ3) is 2.90. The van der Waals surface area contributed by atoms with Crippen LogP contribution < -0.4 is 4.90 Å². The van der Waals surface area contributed by atoms with E-state index >= 15 is 0 Å². The summed E-state index contributed by atoms with van der Waals surface area (Å²) in [5.41, 5.74) is 2.12. The van der Waals surface area contributed by atoms with Gasteiger partial charge in [0.2, 0.25) is 0 Å². The number of hydrogen-bond donors (Lipinski definition) is 0. The van der Waals surface area contributed by atoms with Crippen molar-refractivity contribution in [1.29, 1.82) is 0 Å². The van der Waals surface area contributed by atoms with Gasteiger partial charge >= 0.3 is 0 Å². The Balaban J connectivity index is 2.41. The number of fused-ring (bicyclic) bond motifs is 1. The van der Waals surface area contributed by atoms with Crippen LogP contribution in [0, 0.1) is 0 Å². The fourth-order valence-electron chi connectivity index (χ4n) is 1.91. The van der Waals surface area contributed by atoms with Crippen molar-refractivity contribution in [1.82, 2.24) is 4.98 Å². The minimum atomic E-state index is 0.497. The minimum absolute atomic E-state index is 0.497. The maximum absolute atomic E-state index is 6.04. The van der Waals surface area contributed by atoms with Crippen LogP contribution in [0.25, 0.3) is 10.9 Å². The van der Waals surface area contributed by atoms with Crippen LogP contribution in [0.2, 0.25) is 0 Å². The molecule has 0 atom stereocenters. The fourth-order valence-corrected chi connectivity index (χ4v) is 2.57. The van der Waals surface area contributed by atoms with Gasteiger partial charge < -0.3 is 4.90 Å². The van der Waals surface area contributed by atoms with Gasteiger partial charge in [-0.3, -0.25) is 0 Å². The van der Waals surface area contributed by atoms with Crippen LogP contribution in [0.3, 0.4) is 0 Å². The first-order valence-electron chi connectivity index (χ1n) is 5.91. The van der Waals surface area contributed by atoms with Crippen LogP contribution in [0.15, 0.2) is 30.3 Å². The van der Waals surface area contributed by atoms with Gasteiger partial charge in [-0.25, -0.2) is 4.98 Å². The monoisotopic (exact) mass is 280 g/mol. The first-order valence-corrected chi connectivity index (χ1v) is 7.84. The molecule has 0 bridgehead atoms. The van der Waals surface area contributed by atoms with Crippen LogP contribution in [0.5, 0.6) is 0 Å². The molecular formula is C14H17ClN2S. The number of rotatable bonds is 5. The lowest BCUT2D eigenvalue weighted by Crippen LogP contribution is -2.22. The van der Waals surface area contributed by atoms with Gasteiger partial charge in [-0.2, -0.15) is 11.8 Å². The quantitative estimate of drug-likeness (QED) is 0.776. The number of hydrogen-bond acceptors (Lipinski definition) is 3. The summed E-state index contributed by atoms with van der Waals surface area (Å²) >= 11 is 7.88. The van der Waals surface area contributed by atoms with Gasteiger partial charge in [0.15, 0.2) is 0 Å². The molecule has 4 heteroatoms. The van der Waals surface area contributed by atoms with Crippen molar-refractivity contribution < 1.29 is 0 Å². The summed E-state index contributed by atoms with van der Waals surface area (Å²) in [6, 6.07) is 10.3. The van der Waals surface area contributed by atoms with Crippen LogP contribution in [0.1, 0.15) is 5.56 Å². The first-order chi connectivity index (χ1) is 8.76. The number of nitrogens with zero attached hydrogens (tertiary/aromatic N) is 2. The van der Waals surface area contributed by atoms with Crippen molar-refractivity contribution in [2.24, 2.45) is 0 Å². The Morgan fingerprint density at radius 3 is 2.83 bits per heavy atom. The van der Waals surface area contributed by atoms with Crippen LogP contribution in [-0.4, -0.2) is 30.6 Å². The molecule has 0 aliphatic heterocycles. The van der Waals surface area contributed by atoms with E-state index in [2.05, 4.69) is 30.3 Å². The molecule has 0 amide bonds. The number of pyridine rings is 1. The maximum atomic E-state index is 6.04. The van der Waals surface area contributed by atoms with Crippen molar-refractivity contribution in [3.05, 3.63) is 35.9 Å². The zero-order valence-electron chi connectivity index (χ0n) is 10.7. The number of para-hydroxylation sites is 1. The molecule has 0 spiro atoms. The summed E-state index contributed by atoms with van der Waals surface area (Å²) in [6.45, 7) is 0.983. The second-order valence-corrected chi connectivity index (χ2v) is 5.46. The number of benzene rings is 1. The SMILES string of the molecule is CSCCN(C)c1nc2ccccc2cc1CCl. The van der Waals surface area contributed by atoms with Crippen molar-refractivity contribution in [2.45, 2.75) is 5.88 Å². The van der Waals surface area contributed by atoms with E-state index in [1.807, 2.05) is 30.0 Å². The molecule has 1 heterocycles. The Morgan fingerprint density at radius 1 is 1.33 bits per heavy atom.